The Morgan fingerprint density at radius 1 is 1.30 bits per heavy atom. The van der Waals surface area contributed by atoms with Gasteiger partial charge in [0.05, 0.1) is 12.2 Å². The van der Waals surface area contributed by atoms with Crippen LogP contribution in [0.3, 0.4) is 0 Å². The summed E-state index contributed by atoms with van der Waals surface area (Å²) in [6, 6.07) is 0. The van der Waals surface area contributed by atoms with Gasteiger partial charge in [-0.05, 0) is 0 Å². The highest BCUT2D eigenvalue weighted by atomic mass is 16.5. The molecule has 0 aliphatic rings. The van der Waals surface area contributed by atoms with Crippen molar-refractivity contribution in [3.05, 3.63) is 38.2 Å². The van der Waals surface area contributed by atoms with Gasteiger partial charge in [0.15, 0.2) is 0 Å². The number of hydrogen-bond acceptors (Lipinski definition) is 2. The SMILES string of the molecule is C=COC(=O)C(C=C)C=C. The summed E-state index contributed by atoms with van der Waals surface area (Å²) in [5.74, 6) is -0.835. The molecule has 10 heavy (non-hydrogen) atoms. The van der Waals surface area contributed by atoms with Crippen LogP contribution in [0.15, 0.2) is 38.2 Å². The Labute approximate surface area is 60.5 Å². The van der Waals surface area contributed by atoms with E-state index in [1.807, 2.05) is 0 Å². The van der Waals surface area contributed by atoms with Crippen molar-refractivity contribution < 1.29 is 9.53 Å². The molecular weight excluding hydrogens is 128 g/mol. The van der Waals surface area contributed by atoms with E-state index in [2.05, 4.69) is 24.5 Å². The Morgan fingerprint density at radius 3 is 2.10 bits per heavy atom. The van der Waals surface area contributed by atoms with Crippen molar-refractivity contribution in [2.45, 2.75) is 0 Å². The van der Waals surface area contributed by atoms with E-state index in [0.29, 0.717) is 0 Å². The standard InChI is InChI=1S/C8H10O2/c1-4-7(5-2)8(9)10-6-3/h4-7H,1-3H2. The number of ether oxygens (including phenoxy) is 1. The number of esters is 1. The lowest BCUT2D eigenvalue weighted by Gasteiger charge is -2.01. The minimum absolute atomic E-state index is 0.403. The Morgan fingerprint density at radius 2 is 1.80 bits per heavy atom. The third-order valence-electron chi connectivity index (χ3n) is 0.980. The molecule has 54 valence electrons. The number of carbonyl (C=O) groups is 1. The van der Waals surface area contributed by atoms with E-state index >= 15 is 0 Å². The van der Waals surface area contributed by atoms with Crippen molar-refractivity contribution in [1.29, 1.82) is 0 Å². The third-order valence-corrected chi connectivity index (χ3v) is 0.980. The molecule has 0 rings (SSSR count). The van der Waals surface area contributed by atoms with Gasteiger partial charge in [-0.25, -0.2) is 0 Å². The molecule has 0 amide bonds. The van der Waals surface area contributed by atoms with Gasteiger partial charge in [-0.1, -0.05) is 18.7 Å². The summed E-state index contributed by atoms with van der Waals surface area (Å²) in [7, 11) is 0. The Balaban J connectivity index is 4.00. The van der Waals surface area contributed by atoms with Crippen molar-refractivity contribution >= 4 is 5.97 Å². The van der Waals surface area contributed by atoms with Crippen molar-refractivity contribution in [1.82, 2.24) is 0 Å². The van der Waals surface area contributed by atoms with Gasteiger partial charge in [0.25, 0.3) is 0 Å². The molecule has 0 radical (unpaired) electrons. The van der Waals surface area contributed by atoms with Gasteiger partial charge in [-0.15, -0.1) is 13.2 Å². The number of rotatable bonds is 4. The third kappa shape index (κ3) is 2.31. The van der Waals surface area contributed by atoms with Gasteiger partial charge >= 0.3 is 5.97 Å². The highest BCUT2D eigenvalue weighted by Crippen LogP contribution is 2.01. The smallest absolute Gasteiger partial charge is 0.321 e. The van der Waals surface area contributed by atoms with Gasteiger partial charge in [0.2, 0.25) is 0 Å². The fourth-order valence-electron chi connectivity index (χ4n) is 0.449. The lowest BCUT2D eigenvalue weighted by molar-refractivity contribution is -0.139. The summed E-state index contributed by atoms with van der Waals surface area (Å²) in [4.78, 5) is 10.8. The minimum Gasteiger partial charge on any atom is -0.434 e. The molecule has 0 aliphatic heterocycles. The molecule has 0 fully saturated rings. The minimum atomic E-state index is -0.432. The summed E-state index contributed by atoms with van der Waals surface area (Å²) in [5.41, 5.74) is 0. The summed E-state index contributed by atoms with van der Waals surface area (Å²) >= 11 is 0. The van der Waals surface area contributed by atoms with Gasteiger partial charge < -0.3 is 4.74 Å². The first-order valence-electron chi connectivity index (χ1n) is 2.82. The first kappa shape index (κ1) is 8.69. The summed E-state index contributed by atoms with van der Waals surface area (Å²) < 4.78 is 4.47. The monoisotopic (exact) mass is 138 g/mol. The van der Waals surface area contributed by atoms with E-state index in [-0.39, 0.29) is 0 Å². The van der Waals surface area contributed by atoms with Crippen LogP contribution in [0.2, 0.25) is 0 Å². The molecule has 2 nitrogen and oxygen atoms in total. The Hall–Kier alpha value is -1.31. The molecule has 0 heterocycles. The lowest BCUT2D eigenvalue weighted by atomic mass is 10.1. The second-order valence-electron chi connectivity index (χ2n) is 1.60. The molecule has 0 saturated heterocycles. The molecule has 0 bridgehead atoms. The predicted octanol–water partition coefficient (Wildman–Crippen LogP) is 1.66. The highest BCUT2D eigenvalue weighted by molar-refractivity contribution is 5.76. The highest BCUT2D eigenvalue weighted by Gasteiger charge is 2.09. The maximum atomic E-state index is 10.8. The molecule has 0 aromatic heterocycles. The van der Waals surface area contributed by atoms with Crippen molar-refractivity contribution in [2.24, 2.45) is 5.92 Å². The molecule has 0 aromatic rings. The van der Waals surface area contributed by atoms with Crippen LogP contribution in [0, 0.1) is 5.92 Å². The van der Waals surface area contributed by atoms with E-state index in [1.165, 1.54) is 12.2 Å². The van der Waals surface area contributed by atoms with E-state index in [4.69, 9.17) is 0 Å². The van der Waals surface area contributed by atoms with Crippen molar-refractivity contribution in [2.75, 3.05) is 0 Å². The van der Waals surface area contributed by atoms with Gasteiger partial charge in [0.1, 0.15) is 0 Å². The molecule has 2 heteroatoms. The van der Waals surface area contributed by atoms with Crippen LogP contribution in [0.4, 0.5) is 0 Å². The fourth-order valence-corrected chi connectivity index (χ4v) is 0.449. The van der Waals surface area contributed by atoms with Gasteiger partial charge in [0, 0.05) is 0 Å². The van der Waals surface area contributed by atoms with E-state index < -0.39 is 11.9 Å². The van der Waals surface area contributed by atoms with Crippen LogP contribution in [0.25, 0.3) is 0 Å². The number of hydrogen-bond donors (Lipinski definition) is 0. The first-order chi connectivity index (χ1) is 4.76. The quantitative estimate of drug-likeness (QED) is 0.335. The molecule has 0 saturated carbocycles. The fraction of sp³-hybridized carbons (Fsp3) is 0.125. The van der Waals surface area contributed by atoms with Crippen molar-refractivity contribution in [3.8, 4) is 0 Å². The summed E-state index contributed by atoms with van der Waals surface area (Å²) in [5, 5.41) is 0. The average molecular weight is 138 g/mol. The van der Waals surface area contributed by atoms with Gasteiger partial charge in [-0.3, -0.25) is 4.79 Å². The summed E-state index contributed by atoms with van der Waals surface area (Å²) in [6.07, 6.45) is 4.00. The van der Waals surface area contributed by atoms with Crippen LogP contribution >= 0.6 is 0 Å². The predicted molar refractivity (Wildman–Crippen MR) is 40.2 cm³/mol. The van der Waals surface area contributed by atoms with E-state index in [0.717, 1.165) is 6.26 Å². The lowest BCUT2D eigenvalue weighted by Crippen LogP contribution is -2.09. The normalized spacial score (nSPS) is 8.50. The largest absolute Gasteiger partial charge is 0.434 e. The van der Waals surface area contributed by atoms with Crippen LogP contribution < -0.4 is 0 Å². The maximum Gasteiger partial charge on any atom is 0.321 e. The molecule has 0 aliphatic carbocycles. The molecular formula is C8H10O2. The second-order valence-corrected chi connectivity index (χ2v) is 1.60. The maximum absolute atomic E-state index is 10.8. The molecule has 0 unspecified atom stereocenters. The van der Waals surface area contributed by atoms with Crippen molar-refractivity contribution in [3.63, 3.8) is 0 Å². The molecule has 0 atom stereocenters. The van der Waals surface area contributed by atoms with E-state index in [1.54, 1.807) is 0 Å². The summed E-state index contributed by atoms with van der Waals surface area (Å²) in [6.45, 7) is 10.1. The first-order valence-corrected chi connectivity index (χ1v) is 2.82. The van der Waals surface area contributed by atoms with Gasteiger partial charge in [-0.2, -0.15) is 0 Å². The zero-order valence-electron chi connectivity index (χ0n) is 5.75. The Bertz CT molecular complexity index is 151. The average Bonchev–Trinajstić information content (AvgIpc) is 1.91. The zero-order chi connectivity index (χ0) is 7.98. The second kappa shape index (κ2) is 4.56. The molecule has 0 aromatic carbocycles. The van der Waals surface area contributed by atoms with Crippen LogP contribution in [-0.2, 0) is 9.53 Å². The molecule has 0 spiro atoms. The van der Waals surface area contributed by atoms with Crippen LogP contribution in [-0.4, -0.2) is 5.97 Å². The molecule has 0 N–H and O–H groups in total. The van der Waals surface area contributed by atoms with Crippen LogP contribution in [0.1, 0.15) is 0 Å². The Kier molecular flexibility index (Phi) is 3.96. The van der Waals surface area contributed by atoms with E-state index in [9.17, 15) is 4.79 Å². The van der Waals surface area contributed by atoms with Crippen LogP contribution in [0.5, 0.6) is 0 Å². The zero-order valence-corrected chi connectivity index (χ0v) is 5.75. The number of carbonyl (C=O) groups excluding carboxylic acids is 1. The topological polar surface area (TPSA) is 26.3 Å².